The molecule has 9 rings (SSSR count). The van der Waals surface area contributed by atoms with Crippen molar-refractivity contribution in [2.45, 2.75) is 6.92 Å². The summed E-state index contributed by atoms with van der Waals surface area (Å²) in [4.78, 5) is 0. The highest BCUT2D eigenvalue weighted by Crippen LogP contribution is 2.40. The molecule has 4 aliphatic rings. The lowest BCUT2D eigenvalue weighted by Crippen LogP contribution is -2.57. The Kier molecular flexibility index (Phi) is 5.12. The van der Waals surface area contributed by atoms with Crippen molar-refractivity contribution in [3.63, 3.8) is 0 Å². The van der Waals surface area contributed by atoms with Crippen LogP contribution in [0.1, 0.15) is 12.5 Å². The summed E-state index contributed by atoms with van der Waals surface area (Å²) in [5.41, 5.74) is 8.42. The summed E-state index contributed by atoms with van der Waals surface area (Å²) in [5.74, 6) is 6.38. The van der Waals surface area contributed by atoms with Crippen molar-refractivity contribution in [3.8, 4) is 34.5 Å². The highest BCUT2D eigenvalue weighted by Gasteiger charge is 2.43. The monoisotopic (exact) mass is 554 g/mol. The minimum atomic E-state index is -0.0507. The van der Waals surface area contributed by atoms with Crippen LogP contribution in [0.5, 0.6) is 34.5 Å². The highest BCUT2D eigenvalue weighted by molar-refractivity contribution is 6.98. The topological polar surface area (TPSA) is 36.9 Å². The van der Waals surface area contributed by atoms with Crippen molar-refractivity contribution in [3.05, 3.63) is 144 Å². The van der Waals surface area contributed by atoms with E-state index in [2.05, 4.69) is 67.3 Å². The zero-order valence-corrected chi connectivity index (χ0v) is 23.5. The summed E-state index contributed by atoms with van der Waals surface area (Å²) < 4.78 is 25.9. The highest BCUT2D eigenvalue weighted by atomic mass is 16.5. The van der Waals surface area contributed by atoms with Gasteiger partial charge in [0.05, 0.1) is 0 Å². The van der Waals surface area contributed by atoms with Gasteiger partial charge < -0.3 is 18.9 Å². The third-order valence-corrected chi connectivity index (χ3v) is 8.89. The molecule has 0 unspecified atom stereocenters. The molecule has 0 aromatic heterocycles. The minimum Gasteiger partial charge on any atom is -0.459 e. The zero-order valence-electron chi connectivity index (χ0n) is 23.5. The van der Waals surface area contributed by atoms with E-state index in [-0.39, 0.29) is 13.4 Å². The second kappa shape index (κ2) is 9.07. The number of allylic oxidation sites excluding steroid dienone is 3. The molecule has 0 saturated carbocycles. The summed E-state index contributed by atoms with van der Waals surface area (Å²) in [6.07, 6.45) is 2.10. The lowest BCUT2D eigenvalue weighted by Gasteiger charge is -2.35. The fourth-order valence-electron chi connectivity index (χ4n) is 7.05. The van der Waals surface area contributed by atoms with Crippen molar-refractivity contribution >= 4 is 46.3 Å². The molecule has 0 amide bonds. The van der Waals surface area contributed by atoms with Crippen LogP contribution in [0.3, 0.4) is 0 Å². The van der Waals surface area contributed by atoms with E-state index in [1.807, 2.05) is 61.5 Å². The van der Waals surface area contributed by atoms with Crippen LogP contribution in [-0.4, -0.2) is 13.4 Å². The Morgan fingerprint density at radius 3 is 1.77 bits per heavy atom. The third kappa shape index (κ3) is 3.47. The number of rotatable bonds is 2. The molecule has 5 aromatic carbocycles. The molecule has 6 heteroatoms. The van der Waals surface area contributed by atoms with Crippen molar-refractivity contribution in [2.75, 3.05) is 0 Å². The number of fused-ring (bicyclic) bond motifs is 9. The number of benzene rings is 5. The smallest absolute Gasteiger partial charge is 0.260 e. The van der Waals surface area contributed by atoms with E-state index in [0.29, 0.717) is 5.76 Å². The molecule has 0 bridgehead atoms. The van der Waals surface area contributed by atoms with Gasteiger partial charge >= 0.3 is 0 Å². The van der Waals surface area contributed by atoms with E-state index >= 15 is 0 Å². The molecule has 0 N–H and O–H groups in total. The Labute approximate surface area is 250 Å². The van der Waals surface area contributed by atoms with Gasteiger partial charge in [-0.2, -0.15) is 0 Å². The molecule has 202 valence electrons. The molecular formula is C37H24B2O4. The Hall–Kier alpha value is -5.35. The van der Waals surface area contributed by atoms with Crippen LogP contribution in [-0.2, 0) is 0 Å². The number of ether oxygens (including phenoxy) is 4. The number of hydrogen-bond acceptors (Lipinski definition) is 4. The van der Waals surface area contributed by atoms with Gasteiger partial charge in [-0.25, -0.2) is 0 Å². The molecule has 0 radical (unpaired) electrons. The van der Waals surface area contributed by atoms with Crippen molar-refractivity contribution in [1.82, 2.24) is 0 Å². The first-order chi connectivity index (χ1) is 21.2. The molecule has 0 spiro atoms. The van der Waals surface area contributed by atoms with E-state index in [0.717, 1.165) is 84.2 Å². The van der Waals surface area contributed by atoms with Gasteiger partial charge in [-0.05, 0) is 70.7 Å². The predicted octanol–water partition coefficient (Wildman–Crippen LogP) is 5.22. The van der Waals surface area contributed by atoms with Crippen molar-refractivity contribution < 1.29 is 18.9 Å². The maximum absolute atomic E-state index is 6.72. The van der Waals surface area contributed by atoms with Gasteiger partial charge in [0, 0.05) is 16.5 Å². The van der Waals surface area contributed by atoms with Gasteiger partial charge in [-0.1, -0.05) is 85.5 Å². The maximum Gasteiger partial charge on any atom is 0.260 e. The number of para-hydroxylation sites is 3. The molecule has 4 aliphatic heterocycles. The van der Waals surface area contributed by atoms with Crippen LogP contribution < -0.4 is 46.3 Å². The summed E-state index contributed by atoms with van der Waals surface area (Å²) in [5, 5.41) is 0. The molecule has 0 aliphatic carbocycles. The van der Waals surface area contributed by atoms with E-state index in [9.17, 15) is 0 Å². The van der Waals surface area contributed by atoms with E-state index in [1.54, 1.807) is 0 Å². The van der Waals surface area contributed by atoms with Gasteiger partial charge in [-0.3, -0.25) is 0 Å². The lowest BCUT2D eigenvalue weighted by molar-refractivity contribution is 0.414. The van der Waals surface area contributed by atoms with E-state index in [1.165, 1.54) is 0 Å². The standard InChI is InChI=1S/C37H24B2O4/c1-3-24(37-35-22(2)40-29-14-7-4-11-25(29)38(35)27-13-6-9-16-31(27)43-37)23-19-20-28-34(21-23)42-33-18-10-17-32-36(33)39(28)26-12-5-8-15-30(26)41-32/h3-21H,2H2,1H3/b24-3-. The van der Waals surface area contributed by atoms with Crippen LogP contribution in [0.25, 0.3) is 5.57 Å². The Bertz CT molecular complexity index is 2090. The molecule has 4 heterocycles. The minimum absolute atomic E-state index is 0.0234. The first-order valence-electron chi connectivity index (χ1n) is 14.5. The normalized spacial score (nSPS) is 15.4. The number of hydrogen-bond donors (Lipinski definition) is 0. The largest absolute Gasteiger partial charge is 0.459 e. The van der Waals surface area contributed by atoms with Crippen LogP contribution in [0, 0.1) is 0 Å². The zero-order chi connectivity index (χ0) is 28.7. The Morgan fingerprint density at radius 2 is 1.09 bits per heavy atom. The molecule has 43 heavy (non-hydrogen) atoms. The van der Waals surface area contributed by atoms with E-state index < -0.39 is 0 Å². The van der Waals surface area contributed by atoms with Gasteiger partial charge in [0.25, 0.3) is 13.4 Å². The van der Waals surface area contributed by atoms with E-state index in [4.69, 9.17) is 18.9 Å². The molecule has 5 aromatic rings. The fraction of sp³-hybridized carbons (Fsp3) is 0.0270. The van der Waals surface area contributed by atoms with Crippen LogP contribution in [0.15, 0.2) is 139 Å². The summed E-state index contributed by atoms with van der Waals surface area (Å²) in [6.45, 7) is 6.37. The summed E-state index contributed by atoms with van der Waals surface area (Å²) >= 11 is 0. The predicted molar refractivity (Wildman–Crippen MR) is 173 cm³/mol. The van der Waals surface area contributed by atoms with Crippen molar-refractivity contribution in [2.24, 2.45) is 0 Å². The first-order valence-corrected chi connectivity index (χ1v) is 14.5. The molecular weight excluding hydrogens is 530 g/mol. The lowest BCUT2D eigenvalue weighted by atomic mass is 9.34. The van der Waals surface area contributed by atoms with Crippen LogP contribution >= 0.6 is 0 Å². The molecule has 0 fully saturated rings. The Morgan fingerprint density at radius 1 is 0.558 bits per heavy atom. The average molecular weight is 554 g/mol. The van der Waals surface area contributed by atoms with Crippen LogP contribution in [0.4, 0.5) is 0 Å². The van der Waals surface area contributed by atoms with Gasteiger partial charge in [0.15, 0.2) is 0 Å². The average Bonchev–Trinajstić information content (AvgIpc) is 3.04. The Balaban J connectivity index is 1.21. The third-order valence-electron chi connectivity index (χ3n) is 8.89. The van der Waals surface area contributed by atoms with Crippen LogP contribution in [0.2, 0.25) is 0 Å². The first kappa shape index (κ1) is 24.3. The SMILES string of the molecule is C=C1Oc2ccccc2B2C1=C(/C(=C\C)c1ccc3c(c1)Oc1cccc4c1B3c1ccccc1O4)Oc1ccccc12. The van der Waals surface area contributed by atoms with Gasteiger partial charge in [0.1, 0.15) is 46.0 Å². The maximum atomic E-state index is 6.72. The summed E-state index contributed by atoms with van der Waals surface area (Å²) in [6, 6.07) is 37.2. The fourth-order valence-corrected chi connectivity index (χ4v) is 7.05. The van der Waals surface area contributed by atoms with Gasteiger partial charge in [0.2, 0.25) is 0 Å². The quantitative estimate of drug-likeness (QED) is 0.275. The second-order valence-corrected chi connectivity index (χ2v) is 11.2. The second-order valence-electron chi connectivity index (χ2n) is 11.2. The summed E-state index contributed by atoms with van der Waals surface area (Å²) in [7, 11) is 0. The van der Waals surface area contributed by atoms with Crippen molar-refractivity contribution in [1.29, 1.82) is 0 Å². The molecule has 0 atom stereocenters. The van der Waals surface area contributed by atoms with Gasteiger partial charge in [-0.15, -0.1) is 0 Å². The molecule has 0 saturated heterocycles. The molecule has 4 nitrogen and oxygen atoms in total.